The largest absolute Gasteiger partial charge is 0.481 e. The van der Waals surface area contributed by atoms with Crippen LogP contribution >= 0.6 is 0 Å². The van der Waals surface area contributed by atoms with E-state index >= 15 is 0 Å². The summed E-state index contributed by atoms with van der Waals surface area (Å²) in [4.78, 5) is 13.8. The Morgan fingerprint density at radius 2 is 0.923 bits per heavy atom. The molecule has 0 spiro atoms. The van der Waals surface area contributed by atoms with Gasteiger partial charge in [-0.1, -0.05) is 170 Å². The molecule has 232 valence electrons. The second-order valence-corrected chi connectivity index (χ2v) is 13.9. The smallest absolute Gasteiger partial charge is 0.310 e. The third-order valence-corrected chi connectivity index (χ3v) is 10.7. The van der Waals surface area contributed by atoms with Crippen LogP contribution < -0.4 is 0 Å². The Kier molecular flexibility index (Phi) is 19.9. The predicted molar refractivity (Wildman–Crippen MR) is 172 cm³/mol. The van der Waals surface area contributed by atoms with Crippen molar-refractivity contribution in [2.45, 2.75) is 202 Å². The molecule has 1 fully saturated rings. The molecule has 0 aromatic heterocycles. The monoisotopic (exact) mass is 549 g/mol. The van der Waals surface area contributed by atoms with Crippen LogP contribution in [0.25, 0.3) is 0 Å². The summed E-state index contributed by atoms with van der Waals surface area (Å²) in [6.07, 6.45) is 30.7. The molecular formula is C37H72O2. The van der Waals surface area contributed by atoms with Crippen LogP contribution in [0.3, 0.4) is 0 Å². The number of rotatable bonds is 25. The van der Waals surface area contributed by atoms with Crippen molar-refractivity contribution in [2.75, 3.05) is 0 Å². The van der Waals surface area contributed by atoms with E-state index in [2.05, 4.69) is 41.5 Å². The molecule has 2 heteroatoms. The maximum atomic E-state index is 13.8. The second-order valence-electron chi connectivity index (χ2n) is 13.9. The van der Waals surface area contributed by atoms with E-state index < -0.39 is 11.4 Å². The zero-order valence-corrected chi connectivity index (χ0v) is 27.8. The molecule has 0 aromatic carbocycles. The van der Waals surface area contributed by atoms with Gasteiger partial charge in [0.25, 0.3) is 0 Å². The Morgan fingerprint density at radius 3 is 1.28 bits per heavy atom. The summed E-state index contributed by atoms with van der Waals surface area (Å²) in [5.74, 6) is 1.54. The minimum atomic E-state index is -0.523. The maximum absolute atomic E-state index is 13.8. The molecule has 1 aliphatic carbocycles. The highest BCUT2D eigenvalue weighted by Crippen LogP contribution is 2.62. The van der Waals surface area contributed by atoms with E-state index in [1.165, 1.54) is 135 Å². The molecule has 1 saturated carbocycles. The quantitative estimate of drug-likeness (QED) is 0.115. The highest BCUT2D eigenvalue weighted by Gasteiger charge is 2.58. The second kappa shape index (κ2) is 21.2. The van der Waals surface area contributed by atoms with Crippen molar-refractivity contribution in [1.82, 2.24) is 0 Å². The first kappa shape index (κ1) is 36.5. The maximum Gasteiger partial charge on any atom is 0.310 e. The molecule has 4 atom stereocenters. The molecule has 0 bridgehead atoms. The lowest BCUT2D eigenvalue weighted by Crippen LogP contribution is -2.53. The van der Waals surface area contributed by atoms with Crippen LogP contribution in [0, 0.1) is 28.6 Å². The van der Waals surface area contributed by atoms with Crippen molar-refractivity contribution in [3.63, 3.8) is 0 Å². The number of carbonyl (C=O) groups is 1. The zero-order valence-electron chi connectivity index (χ0n) is 27.8. The molecule has 1 aliphatic rings. The van der Waals surface area contributed by atoms with Gasteiger partial charge in [0, 0.05) is 0 Å². The van der Waals surface area contributed by atoms with Crippen LogP contribution in [0.15, 0.2) is 0 Å². The van der Waals surface area contributed by atoms with Gasteiger partial charge in [0.1, 0.15) is 0 Å². The van der Waals surface area contributed by atoms with Gasteiger partial charge in [-0.15, -0.1) is 0 Å². The lowest BCUT2D eigenvalue weighted by molar-refractivity contribution is -0.171. The van der Waals surface area contributed by atoms with E-state index in [1.807, 2.05) is 0 Å². The molecule has 0 amide bonds. The van der Waals surface area contributed by atoms with E-state index in [9.17, 15) is 9.90 Å². The summed E-state index contributed by atoms with van der Waals surface area (Å²) >= 11 is 0. The number of carboxylic acids is 1. The van der Waals surface area contributed by atoms with Gasteiger partial charge in [-0.3, -0.25) is 4.79 Å². The minimum absolute atomic E-state index is 0.0219. The SMILES string of the molecule is CCCCCC(CCC)CC1(CC(CCC)CCCCC)CCCCC1(CC(CCC)CCCCC)C(=O)O. The molecule has 0 aliphatic heterocycles. The zero-order chi connectivity index (χ0) is 29.0. The Balaban J connectivity index is 3.54. The van der Waals surface area contributed by atoms with Crippen molar-refractivity contribution in [1.29, 1.82) is 0 Å². The number of unbranched alkanes of at least 4 members (excludes halogenated alkanes) is 6. The lowest BCUT2D eigenvalue weighted by atomic mass is 9.48. The molecule has 39 heavy (non-hydrogen) atoms. The van der Waals surface area contributed by atoms with Gasteiger partial charge in [0.05, 0.1) is 5.41 Å². The molecule has 1 rings (SSSR count). The Hall–Kier alpha value is -0.530. The summed E-state index contributed by atoms with van der Waals surface area (Å²) in [6, 6.07) is 0. The van der Waals surface area contributed by atoms with Gasteiger partial charge in [-0.2, -0.15) is 0 Å². The fourth-order valence-corrected chi connectivity index (χ4v) is 8.73. The van der Waals surface area contributed by atoms with Crippen molar-refractivity contribution < 1.29 is 9.90 Å². The molecule has 0 aromatic rings. The third-order valence-electron chi connectivity index (χ3n) is 10.7. The van der Waals surface area contributed by atoms with Crippen LogP contribution in [-0.2, 0) is 4.79 Å². The fourth-order valence-electron chi connectivity index (χ4n) is 8.73. The Labute approximate surface area is 246 Å². The van der Waals surface area contributed by atoms with E-state index in [0.29, 0.717) is 17.8 Å². The predicted octanol–water partition coefficient (Wildman–Crippen LogP) is 12.8. The highest BCUT2D eigenvalue weighted by atomic mass is 16.4. The van der Waals surface area contributed by atoms with E-state index in [-0.39, 0.29) is 5.41 Å². The third kappa shape index (κ3) is 12.1. The molecule has 2 nitrogen and oxygen atoms in total. The Morgan fingerprint density at radius 1 is 0.538 bits per heavy atom. The number of carboxylic acid groups (broad SMARTS) is 1. The number of aliphatic carboxylic acids is 1. The number of hydrogen-bond donors (Lipinski definition) is 1. The summed E-state index contributed by atoms with van der Waals surface area (Å²) in [5, 5.41) is 11.3. The number of hydrogen-bond acceptors (Lipinski definition) is 1. The van der Waals surface area contributed by atoms with Gasteiger partial charge < -0.3 is 5.11 Å². The molecular weight excluding hydrogens is 476 g/mol. The van der Waals surface area contributed by atoms with Gasteiger partial charge in [-0.25, -0.2) is 0 Å². The van der Waals surface area contributed by atoms with E-state index in [1.54, 1.807) is 0 Å². The van der Waals surface area contributed by atoms with Crippen LogP contribution in [0.1, 0.15) is 202 Å². The lowest BCUT2D eigenvalue weighted by Gasteiger charge is -2.55. The van der Waals surface area contributed by atoms with Crippen molar-refractivity contribution in [2.24, 2.45) is 28.6 Å². The summed E-state index contributed by atoms with van der Waals surface area (Å²) in [6.45, 7) is 13.9. The van der Waals surface area contributed by atoms with Crippen LogP contribution in [0.4, 0.5) is 0 Å². The molecule has 0 radical (unpaired) electrons. The van der Waals surface area contributed by atoms with E-state index in [4.69, 9.17) is 0 Å². The van der Waals surface area contributed by atoms with Gasteiger partial charge in [0.15, 0.2) is 0 Å². The van der Waals surface area contributed by atoms with Crippen molar-refractivity contribution >= 4 is 5.97 Å². The van der Waals surface area contributed by atoms with Gasteiger partial charge in [0.2, 0.25) is 0 Å². The fraction of sp³-hybridized carbons (Fsp3) is 0.973. The molecule has 0 saturated heterocycles. The standard InChI is InChI=1S/C37H72O2/c1-7-13-16-24-32(21-10-4)29-36(30-33(22-11-5)25-17-14-8-2)27-19-20-28-37(36,35(38)39)31-34(23-12-6)26-18-15-9-3/h32-34H,7-31H2,1-6H3,(H,38,39). The highest BCUT2D eigenvalue weighted by molar-refractivity contribution is 5.76. The molecule has 1 N–H and O–H groups in total. The average Bonchev–Trinajstić information content (AvgIpc) is 2.90. The van der Waals surface area contributed by atoms with Crippen LogP contribution in [0.5, 0.6) is 0 Å². The topological polar surface area (TPSA) is 37.3 Å². The van der Waals surface area contributed by atoms with Gasteiger partial charge >= 0.3 is 5.97 Å². The normalized spacial score (nSPS) is 23.9. The summed E-state index contributed by atoms with van der Waals surface area (Å²) in [7, 11) is 0. The average molecular weight is 549 g/mol. The van der Waals surface area contributed by atoms with Crippen molar-refractivity contribution in [3.05, 3.63) is 0 Å². The van der Waals surface area contributed by atoms with Crippen LogP contribution in [-0.4, -0.2) is 11.1 Å². The first-order chi connectivity index (χ1) is 18.9. The van der Waals surface area contributed by atoms with E-state index in [0.717, 1.165) is 25.7 Å². The summed E-state index contributed by atoms with van der Waals surface area (Å²) in [5.41, 5.74) is -0.545. The first-order valence-electron chi connectivity index (χ1n) is 18.1. The minimum Gasteiger partial charge on any atom is -0.481 e. The Bertz CT molecular complexity index is 576. The van der Waals surface area contributed by atoms with Gasteiger partial charge in [-0.05, 0) is 55.3 Å². The molecule has 0 heterocycles. The summed E-state index contributed by atoms with van der Waals surface area (Å²) < 4.78 is 0. The first-order valence-corrected chi connectivity index (χ1v) is 18.1. The van der Waals surface area contributed by atoms with Crippen molar-refractivity contribution in [3.8, 4) is 0 Å². The molecule has 4 unspecified atom stereocenters. The van der Waals surface area contributed by atoms with Crippen LogP contribution in [0.2, 0.25) is 0 Å².